The molecule has 178 valence electrons. The predicted molar refractivity (Wildman–Crippen MR) is 121 cm³/mol. The summed E-state index contributed by atoms with van der Waals surface area (Å²) in [6, 6.07) is 21.4. The number of alkyl halides is 3. The van der Waals surface area contributed by atoms with Gasteiger partial charge in [0.05, 0.1) is 17.3 Å². The van der Waals surface area contributed by atoms with Gasteiger partial charge >= 0.3 is 6.18 Å². The second-order valence-corrected chi connectivity index (χ2v) is 7.34. The van der Waals surface area contributed by atoms with E-state index in [1.54, 1.807) is 30.3 Å². The van der Waals surface area contributed by atoms with Gasteiger partial charge in [0.15, 0.2) is 24.7 Å². The van der Waals surface area contributed by atoms with Crippen LogP contribution in [0.25, 0.3) is 0 Å². The van der Waals surface area contributed by atoms with Gasteiger partial charge in [-0.3, -0.25) is 9.59 Å². The first-order valence-electron chi connectivity index (χ1n) is 10.4. The number of para-hydroxylation sites is 3. The average molecular weight is 472 g/mol. The van der Waals surface area contributed by atoms with Crippen LogP contribution in [0.1, 0.15) is 28.9 Å². The molecule has 0 aliphatic rings. The lowest BCUT2D eigenvalue weighted by atomic mass is 10.1. The molecule has 0 saturated heterocycles. The van der Waals surface area contributed by atoms with Crippen LogP contribution < -0.4 is 20.1 Å². The number of anilines is 1. The fourth-order valence-corrected chi connectivity index (χ4v) is 3.07. The minimum absolute atomic E-state index is 0.00962. The second-order valence-electron chi connectivity index (χ2n) is 7.34. The van der Waals surface area contributed by atoms with E-state index in [1.807, 2.05) is 37.3 Å². The first-order valence-corrected chi connectivity index (χ1v) is 10.4. The Bertz CT molecular complexity index is 1120. The molecule has 0 radical (unpaired) electrons. The van der Waals surface area contributed by atoms with E-state index in [0.717, 1.165) is 5.56 Å². The molecule has 0 heterocycles. The normalized spacial score (nSPS) is 11.9. The zero-order chi connectivity index (χ0) is 24.6. The molecular formula is C25H23F3N2O4. The number of amides is 2. The Morgan fingerprint density at radius 3 is 2.12 bits per heavy atom. The van der Waals surface area contributed by atoms with Crippen LogP contribution in [-0.2, 0) is 4.79 Å². The quantitative estimate of drug-likeness (QED) is 0.452. The third-order valence-corrected chi connectivity index (χ3v) is 4.69. The van der Waals surface area contributed by atoms with E-state index in [4.69, 9.17) is 9.47 Å². The monoisotopic (exact) mass is 472 g/mol. The minimum atomic E-state index is -4.51. The molecule has 2 N–H and O–H groups in total. The van der Waals surface area contributed by atoms with Crippen molar-refractivity contribution in [2.24, 2.45) is 0 Å². The Balaban J connectivity index is 1.62. The lowest BCUT2D eigenvalue weighted by Gasteiger charge is -2.17. The van der Waals surface area contributed by atoms with E-state index in [2.05, 4.69) is 10.6 Å². The molecule has 0 aromatic heterocycles. The Morgan fingerprint density at radius 1 is 0.853 bits per heavy atom. The molecule has 34 heavy (non-hydrogen) atoms. The highest BCUT2D eigenvalue weighted by atomic mass is 19.4. The maximum absolute atomic E-state index is 12.8. The van der Waals surface area contributed by atoms with E-state index in [9.17, 15) is 22.8 Å². The molecule has 1 atom stereocenters. The van der Waals surface area contributed by atoms with Gasteiger partial charge in [-0.25, -0.2) is 0 Å². The maximum atomic E-state index is 12.8. The van der Waals surface area contributed by atoms with E-state index in [0.29, 0.717) is 0 Å². The lowest BCUT2D eigenvalue weighted by molar-refractivity contribution is -0.153. The van der Waals surface area contributed by atoms with Crippen molar-refractivity contribution in [2.75, 3.05) is 18.5 Å². The Kier molecular flexibility index (Phi) is 8.13. The van der Waals surface area contributed by atoms with E-state index in [-0.39, 0.29) is 34.7 Å². The van der Waals surface area contributed by atoms with Crippen molar-refractivity contribution in [3.8, 4) is 11.5 Å². The van der Waals surface area contributed by atoms with Gasteiger partial charge in [0.1, 0.15) is 0 Å². The number of halogens is 3. The molecule has 3 aromatic rings. The van der Waals surface area contributed by atoms with Crippen molar-refractivity contribution in [1.29, 1.82) is 0 Å². The van der Waals surface area contributed by atoms with Gasteiger partial charge in [-0.2, -0.15) is 13.2 Å². The first-order chi connectivity index (χ1) is 16.2. The van der Waals surface area contributed by atoms with Crippen molar-refractivity contribution >= 4 is 17.5 Å². The molecule has 0 aliphatic heterocycles. The molecule has 0 saturated carbocycles. The molecule has 1 unspecified atom stereocenters. The number of ether oxygens (including phenoxy) is 2. The molecule has 0 fully saturated rings. The minimum Gasteiger partial charge on any atom is -0.480 e. The Labute approximate surface area is 194 Å². The van der Waals surface area contributed by atoms with Crippen molar-refractivity contribution in [3.05, 3.63) is 90.0 Å². The number of hydrogen-bond acceptors (Lipinski definition) is 4. The Morgan fingerprint density at radius 2 is 1.44 bits per heavy atom. The average Bonchev–Trinajstić information content (AvgIpc) is 2.82. The van der Waals surface area contributed by atoms with Crippen molar-refractivity contribution < 1.29 is 32.2 Å². The smallest absolute Gasteiger partial charge is 0.422 e. The Hall–Kier alpha value is -4.01. The summed E-state index contributed by atoms with van der Waals surface area (Å²) in [7, 11) is 0. The van der Waals surface area contributed by atoms with Gasteiger partial charge in [-0.05, 0) is 36.8 Å². The SMILES string of the molecule is CC(NC(=O)c1ccccc1NC(=O)COc1ccccc1OCC(F)(F)F)c1ccccc1. The van der Waals surface area contributed by atoms with Gasteiger partial charge in [-0.1, -0.05) is 54.6 Å². The van der Waals surface area contributed by atoms with Crippen LogP contribution in [0, 0.1) is 0 Å². The molecule has 9 heteroatoms. The van der Waals surface area contributed by atoms with Gasteiger partial charge in [0, 0.05) is 0 Å². The summed E-state index contributed by atoms with van der Waals surface area (Å²) in [5.74, 6) is -1.12. The van der Waals surface area contributed by atoms with Crippen LogP contribution >= 0.6 is 0 Å². The highest BCUT2D eigenvalue weighted by Gasteiger charge is 2.29. The van der Waals surface area contributed by atoms with Gasteiger partial charge < -0.3 is 20.1 Å². The summed E-state index contributed by atoms with van der Waals surface area (Å²) in [5.41, 5.74) is 1.46. The van der Waals surface area contributed by atoms with Crippen LogP contribution in [0.15, 0.2) is 78.9 Å². The third-order valence-electron chi connectivity index (χ3n) is 4.69. The number of nitrogens with one attached hydrogen (secondary N) is 2. The fourth-order valence-electron chi connectivity index (χ4n) is 3.07. The first kappa shape index (κ1) is 24.6. The number of hydrogen-bond donors (Lipinski definition) is 2. The lowest BCUT2D eigenvalue weighted by Crippen LogP contribution is -2.28. The summed E-state index contributed by atoms with van der Waals surface area (Å²) in [4.78, 5) is 25.2. The van der Waals surface area contributed by atoms with Gasteiger partial charge in [0.2, 0.25) is 0 Å². The van der Waals surface area contributed by atoms with Crippen molar-refractivity contribution in [2.45, 2.75) is 19.1 Å². The topological polar surface area (TPSA) is 76.7 Å². The van der Waals surface area contributed by atoms with Gasteiger partial charge in [-0.15, -0.1) is 0 Å². The predicted octanol–water partition coefficient (Wildman–Crippen LogP) is 5.14. The zero-order valence-corrected chi connectivity index (χ0v) is 18.3. The summed E-state index contributed by atoms with van der Waals surface area (Å²) in [6.45, 7) is -0.132. The zero-order valence-electron chi connectivity index (χ0n) is 18.3. The standard InChI is InChI=1S/C25H23F3N2O4/c1-17(18-9-3-2-4-10-18)29-24(32)19-11-5-6-12-20(19)30-23(31)15-33-21-13-7-8-14-22(21)34-16-25(26,27)28/h2-14,17H,15-16H2,1H3,(H,29,32)(H,30,31). The third kappa shape index (κ3) is 7.26. The molecule has 2 amide bonds. The van der Waals surface area contributed by atoms with Crippen LogP contribution in [0.3, 0.4) is 0 Å². The molecule has 0 spiro atoms. The summed E-state index contributed by atoms with van der Waals surface area (Å²) in [5, 5.41) is 5.49. The largest absolute Gasteiger partial charge is 0.480 e. The molecule has 6 nitrogen and oxygen atoms in total. The number of benzene rings is 3. The number of carbonyl (C=O) groups excluding carboxylic acids is 2. The molecular weight excluding hydrogens is 449 g/mol. The molecule has 0 bridgehead atoms. The van der Waals surface area contributed by atoms with E-state index >= 15 is 0 Å². The fraction of sp³-hybridized carbons (Fsp3) is 0.200. The number of rotatable bonds is 9. The van der Waals surface area contributed by atoms with Crippen LogP contribution in [0.5, 0.6) is 11.5 Å². The van der Waals surface area contributed by atoms with Crippen LogP contribution in [0.2, 0.25) is 0 Å². The van der Waals surface area contributed by atoms with E-state index in [1.165, 1.54) is 18.2 Å². The van der Waals surface area contributed by atoms with Crippen LogP contribution in [-0.4, -0.2) is 31.2 Å². The summed E-state index contributed by atoms with van der Waals surface area (Å²) < 4.78 is 47.4. The molecule has 3 rings (SSSR count). The molecule has 3 aromatic carbocycles. The van der Waals surface area contributed by atoms with Crippen LogP contribution in [0.4, 0.5) is 18.9 Å². The second kappa shape index (κ2) is 11.2. The maximum Gasteiger partial charge on any atom is 0.422 e. The highest BCUT2D eigenvalue weighted by Crippen LogP contribution is 2.28. The summed E-state index contributed by atoms with van der Waals surface area (Å²) >= 11 is 0. The van der Waals surface area contributed by atoms with E-state index < -0.39 is 25.3 Å². The van der Waals surface area contributed by atoms with Gasteiger partial charge in [0.25, 0.3) is 11.8 Å². The highest BCUT2D eigenvalue weighted by molar-refractivity contribution is 6.04. The number of carbonyl (C=O) groups is 2. The van der Waals surface area contributed by atoms with Crippen molar-refractivity contribution in [1.82, 2.24) is 5.32 Å². The molecule has 0 aliphatic carbocycles. The summed E-state index contributed by atoms with van der Waals surface area (Å²) in [6.07, 6.45) is -4.51. The van der Waals surface area contributed by atoms with Crippen molar-refractivity contribution in [3.63, 3.8) is 0 Å².